The Balaban J connectivity index is 2.24. The second-order valence-corrected chi connectivity index (χ2v) is 4.06. The molecule has 0 amide bonds. The summed E-state index contributed by atoms with van der Waals surface area (Å²) in [5.41, 5.74) is 0. The van der Waals surface area contributed by atoms with E-state index >= 15 is 0 Å². The molecule has 2 aliphatic rings. The lowest BCUT2D eigenvalue weighted by Gasteiger charge is -2.24. The molecule has 0 aliphatic heterocycles. The molecule has 0 spiro atoms. The van der Waals surface area contributed by atoms with Gasteiger partial charge in [0.05, 0.1) is 11.8 Å². The molecule has 2 rings (SSSR count). The van der Waals surface area contributed by atoms with Gasteiger partial charge < -0.3 is 10.2 Å². The van der Waals surface area contributed by atoms with Crippen molar-refractivity contribution in [2.45, 2.75) is 19.3 Å². The van der Waals surface area contributed by atoms with E-state index in [1.165, 1.54) is 0 Å². The van der Waals surface area contributed by atoms with Gasteiger partial charge in [-0.3, -0.25) is 9.59 Å². The molecule has 2 saturated carbocycles. The van der Waals surface area contributed by atoms with Crippen LogP contribution in [0.15, 0.2) is 0 Å². The summed E-state index contributed by atoms with van der Waals surface area (Å²) in [6.07, 6.45) is 2.59. The zero-order chi connectivity index (χ0) is 9.59. The standard InChI is InChI=1S/C9H12O4/c10-8(11)6-4-1-2-5(3-4)7(6)9(12)13/h4-7H,1-3H2,(H,10,11)(H,12,13)/t4?,5?,6-,7+. The normalized spacial score (nSPS) is 42.2. The van der Waals surface area contributed by atoms with Crippen molar-refractivity contribution in [2.75, 3.05) is 0 Å². The quantitative estimate of drug-likeness (QED) is 0.666. The zero-order valence-electron chi connectivity index (χ0n) is 7.14. The summed E-state index contributed by atoms with van der Waals surface area (Å²) in [4.78, 5) is 21.7. The Morgan fingerprint density at radius 2 is 1.31 bits per heavy atom. The number of carboxylic acid groups (broad SMARTS) is 2. The molecule has 0 aromatic rings. The Morgan fingerprint density at radius 1 is 0.923 bits per heavy atom. The van der Waals surface area contributed by atoms with Crippen molar-refractivity contribution in [3.8, 4) is 0 Å². The molecular formula is C9H12O4. The van der Waals surface area contributed by atoms with Crippen molar-refractivity contribution in [1.29, 1.82) is 0 Å². The number of hydrogen-bond acceptors (Lipinski definition) is 2. The van der Waals surface area contributed by atoms with E-state index in [9.17, 15) is 9.59 Å². The number of carboxylic acids is 2. The molecule has 2 bridgehead atoms. The molecule has 2 aliphatic carbocycles. The number of aliphatic carboxylic acids is 2. The second-order valence-electron chi connectivity index (χ2n) is 4.06. The molecule has 2 unspecified atom stereocenters. The van der Waals surface area contributed by atoms with Crippen LogP contribution < -0.4 is 0 Å². The Morgan fingerprint density at radius 3 is 1.62 bits per heavy atom. The number of rotatable bonds is 2. The molecule has 4 nitrogen and oxygen atoms in total. The molecule has 0 saturated heterocycles. The van der Waals surface area contributed by atoms with E-state index in [4.69, 9.17) is 10.2 Å². The lowest BCUT2D eigenvalue weighted by Crippen LogP contribution is -2.34. The highest BCUT2D eigenvalue weighted by atomic mass is 16.4. The third kappa shape index (κ3) is 1.12. The topological polar surface area (TPSA) is 74.6 Å². The van der Waals surface area contributed by atoms with Crippen molar-refractivity contribution in [3.05, 3.63) is 0 Å². The maximum atomic E-state index is 10.8. The van der Waals surface area contributed by atoms with Gasteiger partial charge in [-0.25, -0.2) is 0 Å². The zero-order valence-corrected chi connectivity index (χ0v) is 7.14. The van der Waals surface area contributed by atoms with Gasteiger partial charge in [0.1, 0.15) is 0 Å². The molecule has 0 aromatic carbocycles. The summed E-state index contributed by atoms with van der Waals surface area (Å²) in [7, 11) is 0. The largest absolute Gasteiger partial charge is 0.481 e. The van der Waals surface area contributed by atoms with Crippen LogP contribution in [0.5, 0.6) is 0 Å². The average Bonchev–Trinajstić information content (AvgIpc) is 2.60. The first-order valence-electron chi connectivity index (χ1n) is 4.57. The first-order valence-corrected chi connectivity index (χ1v) is 4.57. The maximum absolute atomic E-state index is 10.8. The third-order valence-electron chi connectivity index (χ3n) is 3.49. The lowest BCUT2D eigenvalue weighted by atomic mass is 9.79. The molecule has 72 valence electrons. The minimum Gasteiger partial charge on any atom is -0.481 e. The average molecular weight is 184 g/mol. The van der Waals surface area contributed by atoms with Crippen LogP contribution in [0.1, 0.15) is 19.3 Å². The van der Waals surface area contributed by atoms with Crippen LogP contribution in [0.3, 0.4) is 0 Å². The van der Waals surface area contributed by atoms with Crippen molar-refractivity contribution in [2.24, 2.45) is 23.7 Å². The highest BCUT2D eigenvalue weighted by molar-refractivity contribution is 5.81. The monoisotopic (exact) mass is 184 g/mol. The summed E-state index contributed by atoms with van der Waals surface area (Å²) in [5, 5.41) is 17.8. The summed E-state index contributed by atoms with van der Waals surface area (Å²) in [5.74, 6) is -2.89. The Bertz CT molecular complexity index is 234. The predicted octanol–water partition coefficient (Wildman–Crippen LogP) is 0.818. The fourth-order valence-corrected chi connectivity index (χ4v) is 3.00. The van der Waals surface area contributed by atoms with Gasteiger partial charge in [0.15, 0.2) is 0 Å². The van der Waals surface area contributed by atoms with E-state index in [-0.39, 0.29) is 11.8 Å². The summed E-state index contributed by atoms with van der Waals surface area (Å²) >= 11 is 0. The number of fused-ring (bicyclic) bond motifs is 2. The lowest BCUT2D eigenvalue weighted by molar-refractivity contribution is -0.156. The number of carbonyl (C=O) groups is 2. The van der Waals surface area contributed by atoms with Gasteiger partial charge in [0.25, 0.3) is 0 Å². The first kappa shape index (κ1) is 8.53. The molecular weight excluding hydrogens is 172 g/mol. The Hall–Kier alpha value is -1.06. The molecule has 4 atom stereocenters. The van der Waals surface area contributed by atoms with Crippen LogP contribution in [0.4, 0.5) is 0 Å². The van der Waals surface area contributed by atoms with E-state index in [2.05, 4.69) is 0 Å². The van der Waals surface area contributed by atoms with Gasteiger partial charge in [-0.05, 0) is 31.1 Å². The fourth-order valence-electron chi connectivity index (χ4n) is 3.00. The van der Waals surface area contributed by atoms with Crippen LogP contribution >= 0.6 is 0 Å². The van der Waals surface area contributed by atoms with Crippen LogP contribution in [0.2, 0.25) is 0 Å². The predicted molar refractivity (Wildman–Crippen MR) is 43.1 cm³/mol. The first-order chi connectivity index (χ1) is 6.11. The molecule has 0 heterocycles. The van der Waals surface area contributed by atoms with Crippen LogP contribution in [0.25, 0.3) is 0 Å². The van der Waals surface area contributed by atoms with Gasteiger partial charge in [-0.2, -0.15) is 0 Å². The second kappa shape index (κ2) is 2.72. The summed E-state index contributed by atoms with van der Waals surface area (Å²) in [6, 6.07) is 0. The molecule has 2 N–H and O–H groups in total. The molecule has 4 heteroatoms. The molecule has 0 aromatic heterocycles. The smallest absolute Gasteiger partial charge is 0.307 e. The minimum absolute atomic E-state index is 0.114. The van der Waals surface area contributed by atoms with Crippen molar-refractivity contribution >= 4 is 11.9 Å². The van der Waals surface area contributed by atoms with Crippen molar-refractivity contribution in [3.63, 3.8) is 0 Å². The van der Waals surface area contributed by atoms with E-state index in [1.54, 1.807) is 0 Å². The van der Waals surface area contributed by atoms with Gasteiger partial charge in [0.2, 0.25) is 0 Å². The molecule has 0 radical (unpaired) electrons. The maximum Gasteiger partial charge on any atom is 0.307 e. The van der Waals surface area contributed by atoms with E-state index in [1.807, 2.05) is 0 Å². The molecule has 13 heavy (non-hydrogen) atoms. The van der Waals surface area contributed by atoms with E-state index < -0.39 is 23.8 Å². The van der Waals surface area contributed by atoms with Crippen LogP contribution in [-0.2, 0) is 9.59 Å². The SMILES string of the molecule is O=C(O)[C@@H]1C2CCC(C2)[C@@H]1C(=O)O. The summed E-state index contributed by atoms with van der Waals surface area (Å²) in [6.45, 7) is 0. The number of hydrogen-bond donors (Lipinski definition) is 2. The van der Waals surface area contributed by atoms with E-state index in [0.717, 1.165) is 19.3 Å². The highest BCUT2D eigenvalue weighted by Crippen LogP contribution is 2.52. The highest BCUT2D eigenvalue weighted by Gasteiger charge is 2.54. The van der Waals surface area contributed by atoms with Crippen LogP contribution in [0, 0.1) is 23.7 Å². The molecule has 2 fully saturated rings. The third-order valence-corrected chi connectivity index (χ3v) is 3.49. The van der Waals surface area contributed by atoms with Gasteiger partial charge in [0, 0.05) is 0 Å². The minimum atomic E-state index is -0.931. The van der Waals surface area contributed by atoms with E-state index in [0.29, 0.717) is 0 Å². The Labute approximate surface area is 75.6 Å². The van der Waals surface area contributed by atoms with Crippen LogP contribution in [-0.4, -0.2) is 22.2 Å². The Kier molecular flexibility index (Phi) is 1.78. The van der Waals surface area contributed by atoms with Crippen molar-refractivity contribution in [1.82, 2.24) is 0 Å². The van der Waals surface area contributed by atoms with Gasteiger partial charge in [-0.1, -0.05) is 0 Å². The fraction of sp³-hybridized carbons (Fsp3) is 0.778. The van der Waals surface area contributed by atoms with Gasteiger partial charge in [-0.15, -0.1) is 0 Å². The van der Waals surface area contributed by atoms with Gasteiger partial charge >= 0.3 is 11.9 Å². The summed E-state index contributed by atoms with van der Waals surface area (Å²) < 4.78 is 0. The van der Waals surface area contributed by atoms with Crippen molar-refractivity contribution < 1.29 is 19.8 Å².